The van der Waals surface area contributed by atoms with Gasteiger partial charge in [-0.2, -0.15) is 13.2 Å². The Bertz CT molecular complexity index is 1210. The Labute approximate surface area is 232 Å². The van der Waals surface area contributed by atoms with Crippen molar-refractivity contribution in [3.8, 4) is 0 Å². The quantitative estimate of drug-likeness (QED) is 0.446. The smallest absolute Gasteiger partial charge is 0.359 e. The van der Waals surface area contributed by atoms with Crippen LogP contribution < -0.4 is 4.90 Å². The molecule has 0 spiro atoms. The standard InChI is InChI=1S/C30H36F4N4O2/c1-29(11-12-29)28(40)37-13-9-21(10-14-37)27(39)38-18-22(15-20-3-6-25(31)7-4-20)23(19-38)17-36(2)26-8-5-24(16-35-26)30(32,33)34/h3-8,16,21-23H,9-15,17-19H2,1-2H3/t22?,23-/m0/s1. The number of amides is 2. The van der Waals surface area contributed by atoms with E-state index in [0.717, 1.165) is 30.7 Å². The number of rotatable bonds is 7. The van der Waals surface area contributed by atoms with E-state index in [0.29, 0.717) is 57.8 Å². The van der Waals surface area contributed by atoms with E-state index in [4.69, 9.17) is 0 Å². The van der Waals surface area contributed by atoms with Crippen LogP contribution in [0.3, 0.4) is 0 Å². The van der Waals surface area contributed by atoms with Gasteiger partial charge in [-0.1, -0.05) is 19.1 Å². The molecule has 1 aliphatic carbocycles. The van der Waals surface area contributed by atoms with E-state index in [-0.39, 0.29) is 40.8 Å². The Balaban J connectivity index is 1.25. The molecule has 2 saturated heterocycles. The molecule has 0 N–H and O–H groups in total. The summed E-state index contributed by atoms with van der Waals surface area (Å²) in [5.74, 6) is 0.459. The highest BCUT2D eigenvalue weighted by Crippen LogP contribution is 2.47. The van der Waals surface area contributed by atoms with E-state index in [1.54, 1.807) is 19.2 Å². The Morgan fingerprint density at radius 3 is 2.23 bits per heavy atom. The SMILES string of the molecule is CN(C[C@H]1CN(C(=O)C2CCN(C(=O)C3(C)CC3)CC2)CC1Cc1ccc(F)cc1)c1ccc(C(F)(F)F)cn1. The molecule has 2 aliphatic heterocycles. The number of carbonyl (C=O) groups excluding carboxylic acids is 2. The molecule has 216 valence electrons. The number of alkyl halides is 3. The second-order valence-electron chi connectivity index (χ2n) is 12.0. The second-order valence-corrected chi connectivity index (χ2v) is 12.0. The van der Waals surface area contributed by atoms with Crippen LogP contribution in [0, 0.1) is 29.0 Å². The molecule has 1 unspecified atom stereocenters. The molecule has 6 nitrogen and oxygen atoms in total. The van der Waals surface area contributed by atoms with Crippen LogP contribution in [0.25, 0.3) is 0 Å². The predicted octanol–water partition coefficient (Wildman–Crippen LogP) is 5.03. The third-order valence-corrected chi connectivity index (χ3v) is 8.92. The van der Waals surface area contributed by atoms with Gasteiger partial charge in [-0.3, -0.25) is 9.59 Å². The minimum Gasteiger partial charge on any atom is -0.359 e. The van der Waals surface area contributed by atoms with Gasteiger partial charge < -0.3 is 14.7 Å². The van der Waals surface area contributed by atoms with Gasteiger partial charge in [-0.05, 0) is 73.8 Å². The molecule has 2 aromatic rings. The number of carbonyl (C=O) groups is 2. The van der Waals surface area contributed by atoms with E-state index in [1.165, 1.54) is 18.2 Å². The molecule has 3 aliphatic rings. The lowest BCUT2D eigenvalue weighted by molar-refractivity contribution is -0.142. The summed E-state index contributed by atoms with van der Waals surface area (Å²) in [5.41, 5.74) is -0.0301. The zero-order valence-corrected chi connectivity index (χ0v) is 23.0. The van der Waals surface area contributed by atoms with Gasteiger partial charge >= 0.3 is 6.18 Å². The second kappa shape index (κ2) is 11.0. The Morgan fingerprint density at radius 2 is 1.65 bits per heavy atom. The van der Waals surface area contributed by atoms with Crippen LogP contribution in [-0.2, 0) is 22.2 Å². The molecule has 40 heavy (non-hydrogen) atoms. The third kappa shape index (κ3) is 6.25. The average molecular weight is 561 g/mol. The van der Waals surface area contributed by atoms with Crippen LogP contribution in [-0.4, -0.2) is 66.4 Å². The van der Waals surface area contributed by atoms with Crippen LogP contribution in [0.5, 0.6) is 0 Å². The molecule has 3 fully saturated rings. The summed E-state index contributed by atoms with van der Waals surface area (Å²) < 4.78 is 52.5. The van der Waals surface area contributed by atoms with Crippen molar-refractivity contribution in [1.82, 2.24) is 14.8 Å². The minimum atomic E-state index is -4.45. The fraction of sp³-hybridized carbons (Fsp3) is 0.567. The first-order chi connectivity index (χ1) is 18.9. The van der Waals surface area contributed by atoms with Gasteiger partial charge in [0.2, 0.25) is 11.8 Å². The van der Waals surface area contributed by atoms with Crippen molar-refractivity contribution in [3.05, 3.63) is 59.5 Å². The number of aromatic nitrogens is 1. The van der Waals surface area contributed by atoms with E-state index in [9.17, 15) is 27.2 Å². The number of benzene rings is 1. The summed E-state index contributed by atoms with van der Waals surface area (Å²) in [6.07, 6.45) is 0.231. The molecule has 2 atom stereocenters. The first kappa shape index (κ1) is 28.4. The summed E-state index contributed by atoms with van der Waals surface area (Å²) in [7, 11) is 1.79. The summed E-state index contributed by atoms with van der Waals surface area (Å²) in [6, 6.07) is 8.76. The molecule has 0 bridgehead atoms. The summed E-state index contributed by atoms with van der Waals surface area (Å²) >= 11 is 0. The van der Waals surface area contributed by atoms with Crippen molar-refractivity contribution < 1.29 is 27.2 Å². The van der Waals surface area contributed by atoms with Gasteiger partial charge in [0.25, 0.3) is 0 Å². The van der Waals surface area contributed by atoms with Crippen molar-refractivity contribution in [1.29, 1.82) is 0 Å². The van der Waals surface area contributed by atoms with Crippen LogP contribution in [0.4, 0.5) is 23.4 Å². The number of anilines is 1. The van der Waals surface area contributed by atoms with E-state index < -0.39 is 11.7 Å². The van der Waals surface area contributed by atoms with Crippen LogP contribution in [0.15, 0.2) is 42.6 Å². The highest BCUT2D eigenvalue weighted by Gasteiger charge is 2.48. The number of halogens is 4. The molecule has 3 heterocycles. The van der Waals surface area contributed by atoms with Crippen LogP contribution in [0.2, 0.25) is 0 Å². The topological polar surface area (TPSA) is 56.8 Å². The maximum atomic E-state index is 13.6. The highest BCUT2D eigenvalue weighted by molar-refractivity contribution is 5.85. The highest BCUT2D eigenvalue weighted by atomic mass is 19.4. The van der Waals surface area contributed by atoms with E-state index >= 15 is 0 Å². The lowest BCUT2D eigenvalue weighted by Crippen LogP contribution is -2.46. The lowest BCUT2D eigenvalue weighted by atomic mass is 9.89. The summed E-state index contributed by atoms with van der Waals surface area (Å²) in [4.78, 5) is 36.0. The fourth-order valence-electron chi connectivity index (χ4n) is 6.08. The predicted molar refractivity (Wildman–Crippen MR) is 143 cm³/mol. The largest absolute Gasteiger partial charge is 0.417 e. The van der Waals surface area contributed by atoms with Crippen molar-refractivity contribution in [2.75, 3.05) is 44.7 Å². The number of nitrogens with zero attached hydrogens (tertiary/aromatic N) is 4. The van der Waals surface area contributed by atoms with Crippen molar-refractivity contribution in [3.63, 3.8) is 0 Å². The molecule has 5 rings (SSSR count). The zero-order valence-electron chi connectivity index (χ0n) is 23.0. The van der Waals surface area contributed by atoms with Gasteiger partial charge in [0, 0.05) is 57.3 Å². The molecular formula is C30H36F4N4O2. The van der Waals surface area contributed by atoms with Crippen molar-refractivity contribution in [2.45, 2.75) is 45.2 Å². The maximum absolute atomic E-state index is 13.6. The number of hydrogen-bond acceptors (Lipinski definition) is 4. The van der Waals surface area contributed by atoms with E-state index in [2.05, 4.69) is 4.98 Å². The molecular weight excluding hydrogens is 524 g/mol. The van der Waals surface area contributed by atoms with Crippen LogP contribution >= 0.6 is 0 Å². The first-order valence-corrected chi connectivity index (χ1v) is 14.0. The molecule has 2 amide bonds. The first-order valence-electron chi connectivity index (χ1n) is 14.0. The third-order valence-electron chi connectivity index (χ3n) is 8.92. The Hall–Kier alpha value is -3.17. The minimum absolute atomic E-state index is 0.0552. The van der Waals surface area contributed by atoms with E-state index in [1.807, 2.05) is 21.6 Å². The van der Waals surface area contributed by atoms with Gasteiger partial charge in [-0.25, -0.2) is 9.37 Å². The van der Waals surface area contributed by atoms with Gasteiger partial charge in [0.15, 0.2) is 0 Å². The van der Waals surface area contributed by atoms with Gasteiger partial charge in [0.05, 0.1) is 5.56 Å². The fourth-order valence-corrected chi connectivity index (χ4v) is 6.08. The zero-order chi connectivity index (χ0) is 28.7. The molecule has 1 aromatic carbocycles. The lowest BCUT2D eigenvalue weighted by Gasteiger charge is -2.34. The molecule has 1 saturated carbocycles. The molecule has 0 radical (unpaired) electrons. The molecule has 10 heteroatoms. The number of likely N-dealkylation sites (tertiary alicyclic amines) is 2. The van der Waals surface area contributed by atoms with Gasteiger partial charge in [0.1, 0.15) is 11.6 Å². The normalized spacial score (nSPS) is 22.9. The average Bonchev–Trinajstić information content (AvgIpc) is 3.58. The number of hydrogen-bond donors (Lipinski definition) is 0. The monoisotopic (exact) mass is 560 g/mol. The van der Waals surface area contributed by atoms with Crippen molar-refractivity contribution in [2.24, 2.45) is 23.2 Å². The number of piperidine rings is 1. The Kier molecular flexibility index (Phi) is 7.81. The van der Waals surface area contributed by atoms with Gasteiger partial charge in [-0.15, -0.1) is 0 Å². The summed E-state index contributed by atoms with van der Waals surface area (Å²) in [6.45, 7) is 4.82. The van der Waals surface area contributed by atoms with Crippen molar-refractivity contribution >= 4 is 17.6 Å². The van der Waals surface area contributed by atoms with Crippen LogP contribution in [0.1, 0.15) is 43.7 Å². The number of pyridine rings is 1. The Morgan fingerprint density at radius 1 is 1.00 bits per heavy atom. The maximum Gasteiger partial charge on any atom is 0.417 e. The molecule has 1 aromatic heterocycles. The summed E-state index contributed by atoms with van der Waals surface area (Å²) in [5, 5.41) is 0.